The normalized spacial score (nSPS) is 26.1. The van der Waals surface area contributed by atoms with Crippen molar-refractivity contribution in [2.24, 2.45) is 11.8 Å². The molecule has 3 aliphatic heterocycles. The Kier molecular flexibility index (Phi) is 6.95. The number of ether oxygens (including phenoxy) is 1. The molecule has 2 bridgehead atoms. The van der Waals surface area contributed by atoms with Crippen LogP contribution in [0.2, 0.25) is 0 Å². The van der Waals surface area contributed by atoms with Crippen molar-refractivity contribution in [3.63, 3.8) is 0 Å². The van der Waals surface area contributed by atoms with Crippen molar-refractivity contribution in [3.8, 4) is 22.9 Å². The fourth-order valence-corrected chi connectivity index (χ4v) is 8.80. The summed E-state index contributed by atoms with van der Waals surface area (Å²) in [5.41, 5.74) is 0.786. The van der Waals surface area contributed by atoms with Crippen LogP contribution in [0.4, 0.5) is 19.0 Å². The molecule has 1 aromatic heterocycles. The van der Waals surface area contributed by atoms with Gasteiger partial charge in [-0.1, -0.05) is 25.1 Å². The van der Waals surface area contributed by atoms with Crippen LogP contribution in [0.3, 0.4) is 0 Å². The number of aliphatic hydroxyl groups is 1. The Morgan fingerprint density at radius 2 is 1.93 bits per heavy atom. The van der Waals surface area contributed by atoms with E-state index in [1.165, 1.54) is 30.3 Å². The first-order valence-corrected chi connectivity index (χ1v) is 16.3. The van der Waals surface area contributed by atoms with Crippen LogP contribution in [0.1, 0.15) is 44.6 Å². The Bertz CT molecular complexity index is 1920. The molecule has 3 saturated heterocycles. The molecule has 10 heteroatoms. The number of aromatic hydroxyl groups is 1. The fraction of sp³-hybridized carbons (Fsp3) is 0.444. The highest BCUT2D eigenvalue weighted by atomic mass is 19.1. The first-order valence-electron chi connectivity index (χ1n) is 16.3. The van der Waals surface area contributed by atoms with E-state index in [2.05, 4.69) is 16.5 Å². The standard InChI is InChI=1S/C36H37F3N4O3/c1-3-24-27(37)6-5-21-11-23(44)12-25(30(21)24)31-28(38)13-26-33(32(31)39)40-35(46-18-36-7-4-8-43(36)15-19(2)14-36)41-34(26)42-16-20-9-22(17-42)29(45)10-20/h5-6,11-13,20,22,29,44-45H,2-4,7-10,14-18H2,1H3/t20-,22-,29-,36?/m1/s1. The first-order chi connectivity index (χ1) is 22.1. The zero-order valence-electron chi connectivity index (χ0n) is 25.8. The Hall–Kier alpha value is -3.89. The monoisotopic (exact) mass is 630 g/mol. The van der Waals surface area contributed by atoms with E-state index in [0.717, 1.165) is 44.3 Å². The number of aryl methyl sites for hydroxylation is 1. The summed E-state index contributed by atoms with van der Waals surface area (Å²) in [7, 11) is 0. The molecule has 4 aliphatic rings. The van der Waals surface area contributed by atoms with E-state index in [-0.39, 0.29) is 52.0 Å². The van der Waals surface area contributed by atoms with E-state index < -0.39 is 29.1 Å². The van der Waals surface area contributed by atoms with Gasteiger partial charge in [-0.15, -0.1) is 0 Å². The lowest BCUT2D eigenvalue weighted by molar-refractivity contribution is 0.108. The highest BCUT2D eigenvalue weighted by molar-refractivity contribution is 6.03. The van der Waals surface area contributed by atoms with Gasteiger partial charge in [-0.25, -0.2) is 13.2 Å². The van der Waals surface area contributed by atoms with Crippen LogP contribution >= 0.6 is 0 Å². The summed E-state index contributed by atoms with van der Waals surface area (Å²) in [6.07, 6.45) is 4.26. The van der Waals surface area contributed by atoms with E-state index in [1.807, 2.05) is 4.90 Å². The lowest BCUT2D eigenvalue weighted by atomic mass is 9.91. The topological polar surface area (TPSA) is 82.0 Å². The molecule has 1 saturated carbocycles. The van der Waals surface area contributed by atoms with Gasteiger partial charge < -0.3 is 19.8 Å². The highest BCUT2D eigenvalue weighted by Crippen LogP contribution is 2.45. The van der Waals surface area contributed by atoms with Crippen LogP contribution in [0, 0.1) is 29.3 Å². The molecule has 3 aromatic carbocycles. The maximum Gasteiger partial charge on any atom is 0.319 e. The second-order valence-electron chi connectivity index (χ2n) is 13.8. The summed E-state index contributed by atoms with van der Waals surface area (Å²) in [5.74, 6) is -1.83. The summed E-state index contributed by atoms with van der Waals surface area (Å²) < 4.78 is 54.5. The van der Waals surface area contributed by atoms with Crippen molar-refractivity contribution >= 4 is 27.5 Å². The average molecular weight is 631 g/mol. The largest absolute Gasteiger partial charge is 0.508 e. The van der Waals surface area contributed by atoms with Crippen LogP contribution < -0.4 is 9.64 Å². The van der Waals surface area contributed by atoms with Crippen molar-refractivity contribution in [1.82, 2.24) is 14.9 Å². The molecule has 0 spiro atoms. The van der Waals surface area contributed by atoms with Gasteiger partial charge in [0.2, 0.25) is 0 Å². The molecule has 46 heavy (non-hydrogen) atoms. The lowest BCUT2D eigenvalue weighted by Crippen LogP contribution is -2.43. The van der Waals surface area contributed by atoms with Crippen LogP contribution in [0.5, 0.6) is 11.8 Å². The molecule has 4 fully saturated rings. The van der Waals surface area contributed by atoms with Crippen LogP contribution in [-0.2, 0) is 6.42 Å². The third kappa shape index (κ3) is 4.63. The predicted octanol–water partition coefficient (Wildman–Crippen LogP) is 6.52. The molecule has 4 atom stereocenters. The van der Waals surface area contributed by atoms with Crippen LogP contribution in [-0.4, -0.2) is 69.5 Å². The number of anilines is 1. The number of rotatable bonds is 6. The Morgan fingerprint density at radius 1 is 1.09 bits per heavy atom. The Balaban J connectivity index is 1.30. The van der Waals surface area contributed by atoms with Crippen LogP contribution in [0.25, 0.3) is 32.8 Å². The molecule has 4 heterocycles. The summed E-state index contributed by atoms with van der Waals surface area (Å²) in [4.78, 5) is 13.7. The minimum Gasteiger partial charge on any atom is -0.508 e. The minimum atomic E-state index is -0.934. The zero-order chi connectivity index (χ0) is 31.9. The van der Waals surface area contributed by atoms with Gasteiger partial charge in [0.15, 0.2) is 5.82 Å². The Morgan fingerprint density at radius 3 is 2.74 bits per heavy atom. The molecular weight excluding hydrogens is 593 g/mol. The number of hydrogen-bond acceptors (Lipinski definition) is 7. The number of aromatic nitrogens is 2. The molecule has 8 rings (SSSR count). The number of phenolic OH excluding ortho intramolecular Hbond substituents is 1. The summed E-state index contributed by atoms with van der Waals surface area (Å²) in [6, 6.07) is 6.77. The quantitative estimate of drug-likeness (QED) is 0.235. The van der Waals surface area contributed by atoms with Crippen molar-refractivity contribution in [1.29, 1.82) is 0 Å². The van der Waals surface area contributed by atoms with Gasteiger partial charge in [0.05, 0.1) is 17.2 Å². The van der Waals surface area contributed by atoms with E-state index in [9.17, 15) is 14.6 Å². The molecule has 240 valence electrons. The molecular formula is C36H37F3N4O3. The number of nitrogens with zero attached hydrogens (tertiary/aromatic N) is 4. The summed E-state index contributed by atoms with van der Waals surface area (Å²) >= 11 is 0. The number of hydrogen-bond donors (Lipinski definition) is 2. The average Bonchev–Trinajstić information content (AvgIpc) is 3.63. The number of aliphatic hydroxyl groups excluding tert-OH is 1. The summed E-state index contributed by atoms with van der Waals surface area (Å²) in [6.45, 7) is 9.17. The number of fused-ring (bicyclic) bond motifs is 5. The van der Waals surface area contributed by atoms with Gasteiger partial charge in [-0.2, -0.15) is 9.97 Å². The highest BCUT2D eigenvalue weighted by Gasteiger charge is 2.47. The van der Waals surface area contributed by atoms with Crippen molar-refractivity contribution in [3.05, 3.63) is 65.5 Å². The first kappa shape index (κ1) is 29.5. The second-order valence-corrected chi connectivity index (χ2v) is 13.8. The van der Waals surface area contributed by atoms with E-state index in [0.29, 0.717) is 48.3 Å². The number of benzene rings is 3. The summed E-state index contributed by atoms with van der Waals surface area (Å²) in [5, 5.41) is 22.2. The third-order valence-corrected chi connectivity index (χ3v) is 10.8. The van der Waals surface area contributed by atoms with Crippen molar-refractivity contribution in [2.75, 3.05) is 37.7 Å². The third-order valence-electron chi connectivity index (χ3n) is 10.8. The molecule has 2 N–H and O–H groups in total. The lowest BCUT2D eigenvalue weighted by Gasteiger charge is -2.34. The van der Waals surface area contributed by atoms with Crippen molar-refractivity contribution < 1.29 is 28.1 Å². The van der Waals surface area contributed by atoms with Gasteiger partial charge in [-0.05, 0) is 97.2 Å². The molecule has 4 aromatic rings. The van der Waals surface area contributed by atoms with Gasteiger partial charge in [-0.3, -0.25) is 4.90 Å². The number of piperidine rings is 1. The van der Waals surface area contributed by atoms with E-state index in [4.69, 9.17) is 9.72 Å². The SMILES string of the molecule is C=C1CN2CCCC2(COc2nc(N3C[C@@H]4C[C@H](C3)[C@H](O)C4)c3cc(F)c(-c4cc(O)cc5ccc(F)c(CC)c45)c(F)c3n2)C1. The maximum absolute atomic E-state index is 16.9. The molecule has 0 amide bonds. The molecule has 0 radical (unpaired) electrons. The minimum absolute atomic E-state index is 0.00257. The molecule has 1 unspecified atom stereocenters. The van der Waals surface area contributed by atoms with E-state index in [1.54, 1.807) is 6.92 Å². The number of halogens is 3. The maximum atomic E-state index is 16.9. The van der Waals surface area contributed by atoms with Crippen molar-refractivity contribution in [2.45, 2.75) is 57.1 Å². The number of phenols is 1. The van der Waals surface area contributed by atoms with Crippen LogP contribution in [0.15, 0.2) is 42.5 Å². The zero-order valence-corrected chi connectivity index (χ0v) is 25.8. The molecule has 1 aliphatic carbocycles. The fourth-order valence-electron chi connectivity index (χ4n) is 8.80. The molecule has 7 nitrogen and oxygen atoms in total. The van der Waals surface area contributed by atoms with Gasteiger partial charge in [0.25, 0.3) is 0 Å². The van der Waals surface area contributed by atoms with E-state index >= 15 is 8.78 Å². The van der Waals surface area contributed by atoms with Gasteiger partial charge in [0, 0.05) is 30.9 Å². The van der Waals surface area contributed by atoms with Gasteiger partial charge in [0.1, 0.15) is 35.3 Å². The van der Waals surface area contributed by atoms with Gasteiger partial charge >= 0.3 is 6.01 Å². The predicted molar refractivity (Wildman–Crippen MR) is 171 cm³/mol. The second kappa shape index (κ2) is 10.8. The Labute approximate surface area is 265 Å². The smallest absolute Gasteiger partial charge is 0.319 e.